The van der Waals surface area contributed by atoms with Crippen LogP contribution in [0.5, 0.6) is 5.75 Å². The van der Waals surface area contributed by atoms with E-state index in [0.717, 1.165) is 4.88 Å². The molecule has 8 heteroatoms. The first-order valence-corrected chi connectivity index (χ1v) is 10.1. The molecule has 1 N–H and O–H groups in total. The van der Waals surface area contributed by atoms with Gasteiger partial charge in [-0.25, -0.2) is 8.42 Å². The van der Waals surface area contributed by atoms with Gasteiger partial charge in [0.25, 0.3) is 10.0 Å². The molecule has 0 aliphatic heterocycles. The molecule has 0 unspecified atom stereocenters. The first-order valence-electron chi connectivity index (χ1n) is 7.71. The second-order valence-electron chi connectivity index (χ2n) is 5.70. The second-order valence-corrected chi connectivity index (χ2v) is 8.30. The van der Waals surface area contributed by atoms with Gasteiger partial charge in [0.15, 0.2) is 0 Å². The Morgan fingerprint density at radius 1 is 1.20 bits per heavy atom. The first-order chi connectivity index (χ1) is 11.9. The van der Waals surface area contributed by atoms with Crippen molar-refractivity contribution < 1.29 is 13.2 Å². The maximum atomic E-state index is 13.0. The van der Waals surface area contributed by atoms with Crippen molar-refractivity contribution >= 4 is 27.0 Å². The van der Waals surface area contributed by atoms with E-state index < -0.39 is 10.0 Å². The molecule has 0 amide bonds. The van der Waals surface area contributed by atoms with Gasteiger partial charge in [0.05, 0.1) is 17.7 Å². The predicted octanol–water partition coefficient (Wildman–Crippen LogP) is 4.00. The molecule has 6 nitrogen and oxygen atoms in total. The number of thiophene rings is 1. The molecule has 0 aliphatic rings. The van der Waals surface area contributed by atoms with Crippen molar-refractivity contribution in [3.63, 3.8) is 0 Å². The summed E-state index contributed by atoms with van der Waals surface area (Å²) >= 11 is 1.45. The lowest BCUT2D eigenvalue weighted by atomic mass is 10.3. The van der Waals surface area contributed by atoms with E-state index in [1.54, 1.807) is 35.1 Å². The van der Waals surface area contributed by atoms with Crippen molar-refractivity contribution in [2.24, 2.45) is 0 Å². The van der Waals surface area contributed by atoms with Gasteiger partial charge in [0.2, 0.25) is 0 Å². The summed E-state index contributed by atoms with van der Waals surface area (Å²) in [7, 11) is -2.32. The maximum Gasteiger partial charge on any atom is 0.265 e. The zero-order valence-corrected chi connectivity index (χ0v) is 15.8. The molecule has 2 heterocycles. The summed E-state index contributed by atoms with van der Waals surface area (Å²) in [5.74, 6) is 0.458. The molecule has 0 saturated heterocycles. The van der Waals surface area contributed by atoms with Crippen LogP contribution >= 0.6 is 11.3 Å². The summed E-state index contributed by atoms with van der Waals surface area (Å²) in [5.41, 5.74) is 0.838. The Bertz CT molecular complexity index is 961. The predicted molar refractivity (Wildman–Crippen MR) is 99.7 cm³/mol. The third-order valence-electron chi connectivity index (χ3n) is 3.62. The molecule has 3 aromatic rings. The molecular formula is C17H19N3O3S2. The van der Waals surface area contributed by atoms with Crippen molar-refractivity contribution in [3.8, 4) is 16.3 Å². The van der Waals surface area contributed by atoms with E-state index >= 15 is 0 Å². The zero-order valence-electron chi connectivity index (χ0n) is 14.1. The number of methoxy groups -OCH3 is 1. The molecule has 25 heavy (non-hydrogen) atoms. The third-order valence-corrected chi connectivity index (χ3v) is 5.87. The van der Waals surface area contributed by atoms with Crippen LogP contribution < -0.4 is 9.46 Å². The number of benzene rings is 1. The van der Waals surface area contributed by atoms with E-state index in [1.165, 1.54) is 18.4 Å². The van der Waals surface area contributed by atoms with Gasteiger partial charge >= 0.3 is 0 Å². The number of nitrogens with one attached hydrogen (secondary N) is 1. The van der Waals surface area contributed by atoms with E-state index in [1.807, 2.05) is 31.4 Å². The quantitative estimate of drug-likeness (QED) is 0.705. The number of para-hydroxylation sites is 2. The molecule has 0 bridgehead atoms. The van der Waals surface area contributed by atoms with Crippen LogP contribution in [0.25, 0.3) is 10.6 Å². The largest absolute Gasteiger partial charge is 0.495 e. The van der Waals surface area contributed by atoms with Crippen LogP contribution in [0.15, 0.2) is 52.9 Å². The standard InChI is InChI=1S/C17H19N3O3S2/c1-12(2)20-11-16(17(18-20)15-9-6-10-24-15)25(21,22)19-13-7-4-5-8-14(13)23-3/h4-12,19H,1-3H3. The van der Waals surface area contributed by atoms with Gasteiger partial charge in [-0.2, -0.15) is 5.10 Å². The second kappa shape index (κ2) is 6.89. The van der Waals surface area contributed by atoms with Crippen LogP contribution in [-0.2, 0) is 10.0 Å². The van der Waals surface area contributed by atoms with Crippen molar-refractivity contribution in [1.82, 2.24) is 9.78 Å². The van der Waals surface area contributed by atoms with E-state index in [2.05, 4.69) is 9.82 Å². The van der Waals surface area contributed by atoms with Gasteiger partial charge in [-0.15, -0.1) is 11.3 Å². The Morgan fingerprint density at radius 3 is 2.60 bits per heavy atom. The van der Waals surface area contributed by atoms with Crippen molar-refractivity contribution in [2.75, 3.05) is 11.8 Å². The number of anilines is 1. The van der Waals surface area contributed by atoms with E-state index in [4.69, 9.17) is 4.74 Å². The van der Waals surface area contributed by atoms with Crippen LogP contribution in [0.4, 0.5) is 5.69 Å². The van der Waals surface area contributed by atoms with Crippen LogP contribution in [0.1, 0.15) is 19.9 Å². The SMILES string of the molecule is COc1ccccc1NS(=O)(=O)c1cn(C(C)C)nc1-c1cccs1. The Kier molecular flexibility index (Phi) is 4.82. The average molecular weight is 377 g/mol. The molecule has 0 radical (unpaired) electrons. The van der Waals surface area contributed by atoms with Crippen molar-refractivity contribution in [2.45, 2.75) is 24.8 Å². The highest BCUT2D eigenvalue weighted by Crippen LogP contribution is 2.33. The Labute approximate surface area is 151 Å². The highest BCUT2D eigenvalue weighted by Gasteiger charge is 2.25. The molecule has 0 spiro atoms. The molecule has 0 fully saturated rings. The first kappa shape index (κ1) is 17.5. The number of aromatic nitrogens is 2. The third kappa shape index (κ3) is 3.54. The smallest absolute Gasteiger partial charge is 0.265 e. The van der Waals surface area contributed by atoms with Gasteiger partial charge in [-0.1, -0.05) is 18.2 Å². The monoisotopic (exact) mass is 377 g/mol. The van der Waals surface area contributed by atoms with Crippen LogP contribution in [-0.4, -0.2) is 25.3 Å². The zero-order chi connectivity index (χ0) is 18.0. The number of hydrogen-bond acceptors (Lipinski definition) is 5. The molecule has 132 valence electrons. The molecule has 1 aromatic carbocycles. The summed E-state index contributed by atoms with van der Waals surface area (Å²) in [6.45, 7) is 3.91. The molecular weight excluding hydrogens is 358 g/mol. The summed E-state index contributed by atoms with van der Waals surface area (Å²) in [6.07, 6.45) is 1.57. The minimum absolute atomic E-state index is 0.0499. The van der Waals surface area contributed by atoms with E-state index in [-0.39, 0.29) is 10.9 Å². The van der Waals surface area contributed by atoms with Crippen LogP contribution in [0.3, 0.4) is 0 Å². The lowest BCUT2D eigenvalue weighted by Crippen LogP contribution is -2.14. The summed E-state index contributed by atoms with van der Waals surface area (Å²) in [5, 5.41) is 6.38. The van der Waals surface area contributed by atoms with Crippen LogP contribution in [0.2, 0.25) is 0 Å². The Hall–Kier alpha value is -2.32. The molecule has 0 atom stereocenters. The normalized spacial score (nSPS) is 11.7. The lowest BCUT2D eigenvalue weighted by molar-refractivity contribution is 0.417. The van der Waals surface area contributed by atoms with Gasteiger partial charge < -0.3 is 4.74 Å². The maximum absolute atomic E-state index is 13.0. The van der Waals surface area contributed by atoms with Gasteiger partial charge in [0.1, 0.15) is 16.3 Å². The fourth-order valence-electron chi connectivity index (χ4n) is 2.35. The number of hydrogen-bond donors (Lipinski definition) is 1. The highest BCUT2D eigenvalue weighted by atomic mass is 32.2. The minimum atomic E-state index is -3.82. The number of sulfonamides is 1. The summed E-state index contributed by atoms with van der Waals surface area (Å²) in [4.78, 5) is 0.953. The average Bonchev–Trinajstić information content (AvgIpc) is 3.24. The number of rotatable bonds is 6. The number of ether oxygens (including phenoxy) is 1. The molecule has 2 aromatic heterocycles. The number of nitrogens with zero attached hydrogens (tertiary/aromatic N) is 2. The minimum Gasteiger partial charge on any atom is -0.495 e. The van der Waals surface area contributed by atoms with E-state index in [0.29, 0.717) is 17.1 Å². The molecule has 3 rings (SSSR count). The Balaban J connectivity index is 2.08. The topological polar surface area (TPSA) is 73.2 Å². The molecule has 0 saturated carbocycles. The Morgan fingerprint density at radius 2 is 1.96 bits per heavy atom. The van der Waals surface area contributed by atoms with Gasteiger partial charge in [-0.05, 0) is 37.4 Å². The van der Waals surface area contributed by atoms with E-state index in [9.17, 15) is 8.42 Å². The summed E-state index contributed by atoms with van der Waals surface area (Å²) in [6, 6.07) is 10.7. The van der Waals surface area contributed by atoms with Crippen molar-refractivity contribution in [3.05, 3.63) is 48.0 Å². The molecule has 0 aliphatic carbocycles. The van der Waals surface area contributed by atoms with Crippen molar-refractivity contribution in [1.29, 1.82) is 0 Å². The summed E-state index contributed by atoms with van der Waals surface area (Å²) < 4.78 is 35.5. The lowest BCUT2D eigenvalue weighted by Gasteiger charge is -2.11. The fourth-order valence-corrected chi connectivity index (χ4v) is 4.36. The van der Waals surface area contributed by atoms with Gasteiger partial charge in [-0.3, -0.25) is 9.40 Å². The fraction of sp³-hybridized carbons (Fsp3) is 0.235. The van der Waals surface area contributed by atoms with Crippen LogP contribution in [0, 0.1) is 0 Å². The highest BCUT2D eigenvalue weighted by molar-refractivity contribution is 7.92. The van der Waals surface area contributed by atoms with Gasteiger partial charge in [0, 0.05) is 12.2 Å².